The Hall–Kier alpha value is -5.08. The third-order valence-electron chi connectivity index (χ3n) is 9.41. The minimum absolute atomic E-state index is 0.0510. The second-order valence-electron chi connectivity index (χ2n) is 16.6. The first-order valence-electron chi connectivity index (χ1n) is 19.8. The summed E-state index contributed by atoms with van der Waals surface area (Å²) in [7, 11) is 0.423. The highest BCUT2D eigenvalue weighted by Crippen LogP contribution is 2.38. The van der Waals surface area contributed by atoms with E-state index in [2.05, 4.69) is 63.4 Å². The van der Waals surface area contributed by atoms with Crippen LogP contribution in [0.4, 0.5) is 21.6 Å². The van der Waals surface area contributed by atoms with Crippen molar-refractivity contribution in [2.24, 2.45) is 4.99 Å². The Bertz CT molecular complexity index is 2420. The first kappa shape index (κ1) is 43.5. The van der Waals surface area contributed by atoms with Crippen LogP contribution in [0.1, 0.15) is 65.7 Å². The van der Waals surface area contributed by atoms with Crippen molar-refractivity contribution in [1.82, 2.24) is 24.6 Å². The lowest BCUT2D eigenvalue weighted by Crippen LogP contribution is -2.34. The summed E-state index contributed by atoms with van der Waals surface area (Å²) in [6, 6.07) is 16.7. The van der Waals surface area contributed by atoms with E-state index in [-0.39, 0.29) is 12.2 Å². The van der Waals surface area contributed by atoms with E-state index in [1.807, 2.05) is 69.0 Å². The summed E-state index contributed by atoms with van der Waals surface area (Å²) in [4.78, 5) is 39.1. The highest BCUT2D eigenvalue weighted by atomic mass is 32.1. The number of carboxylic acids is 1. The van der Waals surface area contributed by atoms with Gasteiger partial charge in [-0.3, -0.25) is 4.57 Å². The number of carbonyl (C=O) groups is 2. The molecule has 0 atom stereocenters. The van der Waals surface area contributed by atoms with Gasteiger partial charge in [-0.1, -0.05) is 55.0 Å². The van der Waals surface area contributed by atoms with Crippen molar-refractivity contribution in [3.05, 3.63) is 80.6 Å². The van der Waals surface area contributed by atoms with E-state index >= 15 is 0 Å². The number of hydrogen-bond donors (Lipinski definition) is 1. The van der Waals surface area contributed by atoms with Crippen LogP contribution >= 0.6 is 22.7 Å². The first-order chi connectivity index (χ1) is 28.1. The maximum Gasteiger partial charge on any atom is 0.410 e. The fraction of sp³-hybridized carbons (Fsp3) is 0.442. The highest BCUT2D eigenvalue weighted by molar-refractivity contribution is 7.16. The number of fused-ring (bicyclic) bond motifs is 2. The number of carbonyl (C=O) groups excluding carboxylic acids is 1. The highest BCUT2D eigenvalue weighted by Gasteiger charge is 2.28. The maximum atomic E-state index is 12.4. The number of aromatic nitrogens is 4. The van der Waals surface area contributed by atoms with Crippen LogP contribution in [0.25, 0.3) is 10.2 Å². The van der Waals surface area contributed by atoms with E-state index in [0.717, 1.165) is 50.6 Å². The molecule has 1 aliphatic heterocycles. The number of benzene rings is 2. The van der Waals surface area contributed by atoms with Crippen LogP contribution in [-0.4, -0.2) is 88.8 Å². The van der Waals surface area contributed by atoms with Crippen molar-refractivity contribution in [2.75, 3.05) is 38.3 Å². The lowest BCUT2D eigenvalue weighted by Gasteiger charge is -2.28. The molecule has 1 aliphatic rings. The third-order valence-corrected chi connectivity index (χ3v) is 13.3. The van der Waals surface area contributed by atoms with Gasteiger partial charge in [0.05, 0.1) is 23.4 Å². The van der Waals surface area contributed by atoms with Crippen molar-refractivity contribution in [1.29, 1.82) is 0 Å². The molecule has 1 amide bonds. The standard InChI is InChI=1S/C43H53N7O6S2Si/c1-29-32-15-12-24-49(38(32)47-46-37(29)45-41-50(28-54-26-27-59(6,7)8)33-16-9-10-17-34(33)57-41)40-44-36(39(51)52)35(58-40)18-13-25-55-31-21-19-30(20-22-31)14-11-23-48(5)42(53)56-43(2,3)4/h9-10,16-17,19-22H,12-13,15,18,23-28H2,1-8H3,(H,51,52)/b45-41-. The van der Waals surface area contributed by atoms with Gasteiger partial charge in [-0.05, 0) is 95.8 Å². The normalized spacial score (nSPS) is 13.2. The molecule has 5 aromatic rings. The number of anilines is 2. The molecule has 0 fully saturated rings. The minimum Gasteiger partial charge on any atom is -0.494 e. The predicted molar refractivity (Wildman–Crippen MR) is 236 cm³/mol. The molecule has 0 aliphatic carbocycles. The quantitative estimate of drug-likeness (QED) is 0.0654. The number of para-hydroxylation sites is 1. The number of thiazole rings is 2. The summed E-state index contributed by atoms with van der Waals surface area (Å²) in [5.41, 5.74) is 3.33. The van der Waals surface area contributed by atoms with Gasteiger partial charge in [-0.15, -0.1) is 21.5 Å². The topological polar surface area (TPSA) is 144 Å². The van der Waals surface area contributed by atoms with Gasteiger partial charge in [0.2, 0.25) is 0 Å². The number of amides is 1. The smallest absolute Gasteiger partial charge is 0.410 e. The molecule has 0 saturated carbocycles. The van der Waals surface area contributed by atoms with Crippen molar-refractivity contribution < 1.29 is 28.9 Å². The Balaban J connectivity index is 1.11. The van der Waals surface area contributed by atoms with E-state index in [9.17, 15) is 14.7 Å². The van der Waals surface area contributed by atoms with Crippen molar-refractivity contribution in [3.63, 3.8) is 0 Å². The van der Waals surface area contributed by atoms with Crippen molar-refractivity contribution >= 4 is 69.8 Å². The second kappa shape index (κ2) is 18.9. The van der Waals surface area contributed by atoms with Gasteiger partial charge in [-0.2, -0.15) is 4.99 Å². The first-order valence-corrected chi connectivity index (χ1v) is 25.1. The van der Waals surface area contributed by atoms with Crippen LogP contribution in [0.2, 0.25) is 25.7 Å². The molecule has 0 spiro atoms. The predicted octanol–water partition coefficient (Wildman–Crippen LogP) is 8.81. The molecule has 0 radical (unpaired) electrons. The number of aromatic carboxylic acids is 1. The van der Waals surface area contributed by atoms with Gasteiger partial charge in [0, 0.05) is 49.8 Å². The largest absolute Gasteiger partial charge is 0.494 e. The van der Waals surface area contributed by atoms with E-state index in [0.29, 0.717) is 66.7 Å². The van der Waals surface area contributed by atoms with E-state index in [1.54, 1.807) is 18.4 Å². The van der Waals surface area contributed by atoms with Gasteiger partial charge in [-0.25, -0.2) is 14.6 Å². The van der Waals surface area contributed by atoms with Gasteiger partial charge < -0.3 is 29.1 Å². The van der Waals surface area contributed by atoms with Crippen LogP contribution in [0.5, 0.6) is 5.75 Å². The molecule has 0 unspecified atom stereocenters. The molecule has 0 saturated heterocycles. The summed E-state index contributed by atoms with van der Waals surface area (Å²) in [5.74, 6) is 6.92. The molecule has 3 aromatic heterocycles. The fourth-order valence-electron chi connectivity index (χ4n) is 6.23. The zero-order valence-corrected chi connectivity index (χ0v) is 37.8. The molecule has 6 rings (SSSR count). The number of ether oxygens (including phenoxy) is 3. The molecular formula is C43H53N7O6S2Si. The zero-order chi connectivity index (χ0) is 42.3. The van der Waals surface area contributed by atoms with Crippen LogP contribution in [-0.2, 0) is 29.0 Å². The van der Waals surface area contributed by atoms with Crippen molar-refractivity contribution in [2.45, 2.75) is 91.4 Å². The second-order valence-corrected chi connectivity index (χ2v) is 24.3. The zero-order valence-electron chi connectivity index (χ0n) is 35.1. The summed E-state index contributed by atoms with van der Waals surface area (Å²) in [6.07, 6.45) is 2.33. The molecule has 59 heavy (non-hydrogen) atoms. The van der Waals surface area contributed by atoms with Crippen LogP contribution in [0.15, 0.2) is 53.5 Å². The van der Waals surface area contributed by atoms with Gasteiger partial charge in [0.15, 0.2) is 27.3 Å². The summed E-state index contributed by atoms with van der Waals surface area (Å²) >= 11 is 2.98. The average molecular weight is 856 g/mol. The number of hydrogen-bond acceptors (Lipinski definition) is 12. The molecule has 312 valence electrons. The number of carboxylic acid groups (broad SMARTS) is 1. The average Bonchev–Trinajstić information content (AvgIpc) is 3.77. The molecule has 0 bridgehead atoms. The molecular weight excluding hydrogens is 803 g/mol. The fourth-order valence-corrected chi connectivity index (χ4v) is 9.13. The monoisotopic (exact) mass is 855 g/mol. The minimum atomic E-state index is -1.23. The van der Waals surface area contributed by atoms with Crippen LogP contribution in [0.3, 0.4) is 0 Å². The molecule has 16 heteroatoms. The molecule has 1 N–H and O–H groups in total. The Morgan fingerprint density at radius 1 is 1.05 bits per heavy atom. The van der Waals surface area contributed by atoms with Crippen LogP contribution < -0.4 is 14.4 Å². The Kier molecular flexibility index (Phi) is 13.9. The van der Waals surface area contributed by atoms with Crippen molar-refractivity contribution in [3.8, 4) is 17.6 Å². The Morgan fingerprint density at radius 3 is 2.54 bits per heavy atom. The Morgan fingerprint density at radius 2 is 1.81 bits per heavy atom. The van der Waals surface area contributed by atoms with E-state index < -0.39 is 25.7 Å². The molecule has 4 heterocycles. The number of rotatable bonds is 14. The van der Waals surface area contributed by atoms with E-state index in [4.69, 9.17) is 19.2 Å². The molecule has 2 aromatic carbocycles. The lowest BCUT2D eigenvalue weighted by molar-refractivity contribution is 0.0320. The van der Waals surface area contributed by atoms with Gasteiger partial charge >= 0.3 is 12.1 Å². The lowest BCUT2D eigenvalue weighted by atomic mass is 10.0. The summed E-state index contributed by atoms with van der Waals surface area (Å²) in [6.45, 7) is 16.9. The summed E-state index contributed by atoms with van der Waals surface area (Å²) in [5, 5.41) is 20.0. The number of aryl methyl sites for hydroxylation is 1. The maximum absolute atomic E-state index is 12.4. The summed E-state index contributed by atoms with van der Waals surface area (Å²) < 4.78 is 20.7. The number of nitrogens with zero attached hydrogens (tertiary/aromatic N) is 7. The SMILES string of the molecule is Cc1c(/N=c2\sc3ccccc3n2COCC[Si](C)(C)C)nnc2c1CCCN2c1nc(C(=O)O)c(CCCOc2ccc(C#CCN(C)C(=O)OC(C)(C)C)cc2)s1. The van der Waals surface area contributed by atoms with Gasteiger partial charge in [0.25, 0.3) is 0 Å². The van der Waals surface area contributed by atoms with Gasteiger partial charge in [0.1, 0.15) is 18.1 Å². The van der Waals surface area contributed by atoms with E-state index in [1.165, 1.54) is 16.2 Å². The Labute approximate surface area is 354 Å². The van der Waals surface area contributed by atoms with Crippen LogP contribution in [0, 0.1) is 18.8 Å². The third kappa shape index (κ3) is 11.6. The molecule has 13 nitrogen and oxygen atoms in total.